The standard InChI is InChI=1S/C21H14N2O5/c1-26-20(25)21(12-7-3-2-4-8-12)14(11-22)18(23)28-17-13-9-5-6-10-15(13)27-19(24)16(17)21/h2-10H,23H2,1H3. The molecule has 2 aromatic carbocycles. The third-order valence-corrected chi connectivity index (χ3v) is 4.78. The first-order chi connectivity index (χ1) is 13.6. The maximum Gasteiger partial charge on any atom is 0.345 e. The molecular weight excluding hydrogens is 360 g/mol. The number of methoxy groups -OCH3 is 1. The van der Waals surface area contributed by atoms with Gasteiger partial charge in [0.05, 0.1) is 12.5 Å². The van der Waals surface area contributed by atoms with Crippen molar-refractivity contribution in [2.75, 3.05) is 7.11 Å². The molecule has 7 nitrogen and oxygen atoms in total. The van der Waals surface area contributed by atoms with Gasteiger partial charge in [-0.05, 0) is 17.7 Å². The number of para-hydroxylation sites is 1. The Morgan fingerprint density at radius 1 is 1.14 bits per heavy atom. The Balaban J connectivity index is 2.26. The molecule has 1 aliphatic rings. The minimum absolute atomic E-state index is 0.0672. The first-order valence-corrected chi connectivity index (χ1v) is 8.34. The quantitative estimate of drug-likeness (QED) is 0.540. The number of benzene rings is 2. The predicted molar refractivity (Wildman–Crippen MR) is 99.2 cm³/mol. The lowest BCUT2D eigenvalue weighted by molar-refractivity contribution is -0.144. The average molecular weight is 374 g/mol. The van der Waals surface area contributed by atoms with Crippen LogP contribution >= 0.6 is 0 Å². The molecule has 0 spiro atoms. The number of hydrogen-bond acceptors (Lipinski definition) is 7. The smallest absolute Gasteiger partial charge is 0.345 e. The zero-order valence-electron chi connectivity index (χ0n) is 14.8. The molecule has 1 aliphatic heterocycles. The van der Waals surface area contributed by atoms with Crippen LogP contribution in [0.1, 0.15) is 11.1 Å². The van der Waals surface area contributed by atoms with E-state index in [4.69, 9.17) is 19.6 Å². The van der Waals surface area contributed by atoms with Gasteiger partial charge in [0.15, 0.2) is 11.2 Å². The van der Waals surface area contributed by atoms with Crippen LogP contribution in [0.2, 0.25) is 0 Å². The van der Waals surface area contributed by atoms with E-state index >= 15 is 0 Å². The van der Waals surface area contributed by atoms with Gasteiger partial charge in [-0.3, -0.25) is 4.79 Å². The number of rotatable bonds is 2. The van der Waals surface area contributed by atoms with Crippen molar-refractivity contribution in [1.29, 1.82) is 5.26 Å². The van der Waals surface area contributed by atoms with Gasteiger partial charge in [0.2, 0.25) is 5.88 Å². The predicted octanol–water partition coefficient (Wildman–Crippen LogP) is 2.34. The van der Waals surface area contributed by atoms with Crippen molar-refractivity contribution in [3.63, 3.8) is 0 Å². The lowest BCUT2D eigenvalue weighted by Gasteiger charge is -2.35. The summed E-state index contributed by atoms with van der Waals surface area (Å²) in [4.78, 5) is 26.2. The zero-order valence-corrected chi connectivity index (χ0v) is 14.8. The van der Waals surface area contributed by atoms with E-state index in [1.54, 1.807) is 54.6 Å². The Morgan fingerprint density at radius 3 is 2.50 bits per heavy atom. The highest BCUT2D eigenvalue weighted by molar-refractivity contribution is 5.98. The average Bonchev–Trinajstić information content (AvgIpc) is 2.72. The van der Waals surface area contributed by atoms with Crippen molar-refractivity contribution < 1.29 is 18.7 Å². The lowest BCUT2D eigenvalue weighted by atomic mass is 9.68. The number of nitriles is 1. The molecule has 28 heavy (non-hydrogen) atoms. The lowest BCUT2D eigenvalue weighted by Crippen LogP contribution is -2.47. The van der Waals surface area contributed by atoms with E-state index in [0.717, 1.165) is 0 Å². The van der Waals surface area contributed by atoms with E-state index in [2.05, 4.69) is 0 Å². The number of esters is 1. The Hall–Kier alpha value is -4.05. The summed E-state index contributed by atoms with van der Waals surface area (Å²) in [7, 11) is 1.18. The highest BCUT2D eigenvalue weighted by Gasteiger charge is 2.55. The SMILES string of the molecule is COC(=O)C1(c2ccccc2)C(C#N)=C(N)Oc2c1c(=O)oc1ccccc21. The molecule has 138 valence electrons. The number of carbonyl (C=O) groups is 1. The second kappa shape index (κ2) is 6.28. The highest BCUT2D eigenvalue weighted by Crippen LogP contribution is 2.48. The van der Waals surface area contributed by atoms with E-state index < -0.39 is 17.0 Å². The minimum atomic E-state index is -1.91. The molecule has 3 aromatic rings. The van der Waals surface area contributed by atoms with Crippen LogP contribution in [0.25, 0.3) is 11.0 Å². The third-order valence-electron chi connectivity index (χ3n) is 4.78. The van der Waals surface area contributed by atoms with Crippen LogP contribution in [0.3, 0.4) is 0 Å². The summed E-state index contributed by atoms with van der Waals surface area (Å²) in [6.07, 6.45) is 0. The van der Waals surface area contributed by atoms with E-state index in [-0.39, 0.29) is 28.4 Å². The second-order valence-electron chi connectivity index (χ2n) is 6.15. The molecule has 1 unspecified atom stereocenters. The van der Waals surface area contributed by atoms with E-state index in [0.29, 0.717) is 10.9 Å². The fourth-order valence-electron chi connectivity index (χ4n) is 3.61. The number of ether oxygens (including phenoxy) is 2. The largest absolute Gasteiger partial charge is 0.468 e. The summed E-state index contributed by atoms with van der Waals surface area (Å²) in [5, 5.41) is 10.3. The molecule has 0 fully saturated rings. The maximum atomic E-state index is 13.2. The molecule has 0 amide bonds. The molecule has 0 bridgehead atoms. The van der Waals surface area contributed by atoms with Gasteiger partial charge in [-0.25, -0.2) is 4.79 Å². The zero-order chi connectivity index (χ0) is 19.9. The second-order valence-corrected chi connectivity index (χ2v) is 6.15. The number of nitrogens with two attached hydrogens (primary N) is 1. The van der Waals surface area contributed by atoms with Gasteiger partial charge >= 0.3 is 11.6 Å². The normalized spacial score (nSPS) is 18.1. The fraction of sp³-hybridized carbons (Fsp3) is 0.0952. The van der Waals surface area contributed by atoms with Crippen molar-refractivity contribution in [2.45, 2.75) is 5.41 Å². The van der Waals surface area contributed by atoms with Crippen molar-refractivity contribution in [3.8, 4) is 11.8 Å². The van der Waals surface area contributed by atoms with Gasteiger partial charge in [0.1, 0.15) is 22.8 Å². The summed E-state index contributed by atoms with van der Waals surface area (Å²) in [5.41, 5.74) is 3.55. The summed E-state index contributed by atoms with van der Waals surface area (Å²) in [6.45, 7) is 0. The van der Waals surface area contributed by atoms with Crippen molar-refractivity contribution in [2.24, 2.45) is 5.73 Å². The van der Waals surface area contributed by atoms with Crippen LogP contribution in [0, 0.1) is 11.3 Å². The van der Waals surface area contributed by atoms with Gasteiger partial charge in [-0.15, -0.1) is 0 Å². The molecule has 7 heteroatoms. The van der Waals surface area contributed by atoms with E-state index in [1.165, 1.54) is 7.11 Å². The van der Waals surface area contributed by atoms with Gasteiger partial charge in [-0.1, -0.05) is 42.5 Å². The molecule has 1 aromatic heterocycles. The third kappa shape index (κ3) is 2.15. The number of carbonyl (C=O) groups excluding carboxylic acids is 1. The molecule has 0 saturated heterocycles. The number of fused-ring (bicyclic) bond motifs is 3. The number of nitrogens with zero attached hydrogens (tertiary/aromatic N) is 1. The van der Waals surface area contributed by atoms with Crippen molar-refractivity contribution in [3.05, 3.63) is 87.6 Å². The van der Waals surface area contributed by atoms with E-state index in [9.17, 15) is 14.9 Å². The van der Waals surface area contributed by atoms with Gasteiger partial charge in [0.25, 0.3) is 0 Å². The van der Waals surface area contributed by atoms with Crippen LogP contribution in [-0.4, -0.2) is 13.1 Å². The highest BCUT2D eigenvalue weighted by atomic mass is 16.5. The van der Waals surface area contributed by atoms with Crippen LogP contribution in [0.5, 0.6) is 5.75 Å². The fourth-order valence-corrected chi connectivity index (χ4v) is 3.61. The Labute approximate surface area is 159 Å². The van der Waals surface area contributed by atoms with Crippen molar-refractivity contribution in [1.82, 2.24) is 0 Å². The first-order valence-electron chi connectivity index (χ1n) is 8.34. The Morgan fingerprint density at radius 2 is 1.82 bits per heavy atom. The number of hydrogen-bond donors (Lipinski definition) is 1. The molecule has 1 atom stereocenters. The minimum Gasteiger partial charge on any atom is -0.468 e. The molecule has 2 N–H and O–H groups in total. The van der Waals surface area contributed by atoms with E-state index in [1.807, 2.05) is 6.07 Å². The van der Waals surface area contributed by atoms with Crippen LogP contribution in [0.15, 0.2) is 75.3 Å². The van der Waals surface area contributed by atoms with Crippen LogP contribution in [0.4, 0.5) is 0 Å². The molecule has 2 heterocycles. The van der Waals surface area contributed by atoms with Gasteiger partial charge in [0, 0.05) is 0 Å². The topological polar surface area (TPSA) is 116 Å². The Kier molecular flexibility index (Phi) is 3.90. The van der Waals surface area contributed by atoms with Crippen LogP contribution < -0.4 is 16.1 Å². The molecule has 4 rings (SSSR count). The summed E-state index contributed by atoms with van der Waals surface area (Å²) >= 11 is 0. The summed E-state index contributed by atoms with van der Waals surface area (Å²) in [5.74, 6) is -1.05. The maximum absolute atomic E-state index is 13.2. The Bertz CT molecular complexity index is 1240. The molecule has 0 saturated carbocycles. The summed E-state index contributed by atoms with van der Waals surface area (Å²) < 4.78 is 16.1. The first kappa shape index (κ1) is 17.4. The monoisotopic (exact) mass is 374 g/mol. The van der Waals surface area contributed by atoms with Gasteiger partial charge in [-0.2, -0.15) is 5.26 Å². The van der Waals surface area contributed by atoms with Crippen LogP contribution in [-0.2, 0) is 14.9 Å². The molecule has 0 radical (unpaired) electrons. The van der Waals surface area contributed by atoms with Gasteiger partial charge < -0.3 is 19.6 Å². The van der Waals surface area contributed by atoms with Crippen molar-refractivity contribution >= 4 is 16.9 Å². The molecule has 0 aliphatic carbocycles. The summed E-state index contributed by atoms with van der Waals surface area (Å²) in [6, 6.07) is 17.0. The molecular formula is C21H14N2O5.